The number of likely N-dealkylation sites (N-methyl/N-ethyl adjacent to an activating group) is 1. The molecule has 19 heavy (non-hydrogen) atoms. The van der Waals surface area contributed by atoms with Crippen LogP contribution in [0.3, 0.4) is 0 Å². The molecule has 0 fully saturated rings. The summed E-state index contributed by atoms with van der Waals surface area (Å²) in [5.41, 5.74) is 0.670. The van der Waals surface area contributed by atoms with E-state index in [9.17, 15) is 4.39 Å². The number of hydrogen-bond donors (Lipinski definition) is 1. The summed E-state index contributed by atoms with van der Waals surface area (Å²) in [7, 11) is 0. The number of benzene rings is 1. The monoisotopic (exact) mass is 331 g/mol. The summed E-state index contributed by atoms with van der Waals surface area (Å²) in [6.07, 6.45) is 1.93. The number of rotatable bonds is 8. The molecule has 0 heterocycles. The van der Waals surface area contributed by atoms with Crippen molar-refractivity contribution in [1.82, 2.24) is 5.32 Å². The molecule has 1 aromatic rings. The maximum Gasteiger partial charge on any atom is 0.142 e. The molecule has 0 aliphatic carbocycles. The van der Waals surface area contributed by atoms with Gasteiger partial charge in [-0.05, 0) is 41.9 Å². The van der Waals surface area contributed by atoms with Gasteiger partial charge in [0.25, 0.3) is 0 Å². The third-order valence-corrected chi connectivity index (χ3v) is 3.68. The van der Waals surface area contributed by atoms with Crippen molar-refractivity contribution in [2.24, 2.45) is 0 Å². The highest BCUT2D eigenvalue weighted by Crippen LogP contribution is 2.28. The van der Waals surface area contributed by atoms with E-state index in [0.29, 0.717) is 16.6 Å². The lowest BCUT2D eigenvalue weighted by Gasteiger charge is -2.28. The van der Waals surface area contributed by atoms with Crippen LogP contribution >= 0.6 is 15.9 Å². The lowest BCUT2D eigenvalue weighted by molar-refractivity contribution is 0.0271. The van der Waals surface area contributed by atoms with Gasteiger partial charge < -0.3 is 10.1 Å². The van der Waals surface area contributed by atoms with Crippen LogP contribution in [0.1, 0.15) is 45.2 Å². The van der Waals surface area contributed by atoms with Gasteiger partial charge in [0.05, 0.1) is 16.6 Å². The van der Waals surface area contributed by atoms with Crippen LogP contribution in [0.4, 0.5) is 4.39 Å². The Morgan fingerprint density at radius 2 is 2.05 bits per heavy atom. The van der Waals surface area contributed by atoms with Gasteiger partial charge in [-0.2, -0.15) is 0 Å². The summed E-state index contributed by atoms with van der Waals surface area (Å²) in [5.74, 6) is -0.200. The zero-order valence-electron chi connectivity index (χ0n) is 11.9. The summed E-state index contributed by atoms with van der Waals surface area (Å²) >= 11 is 3.25. The van der Waals surface area contributed by atoms with Gasteiger partial charge in [0.2, 0.25) is 0 Å². The van der Waals surface area contributed by atoms with Crippen molar-refractivity contribution < 1.29 is 9.13 Å². The second kappa shape index (κ2) is 8.67. The van der Waals surface area contributed by atoms with Crippen molar-refractivity contribution in [2.45, 2.75) is 45.8 Å². The Bertz CT molecular complexity index is 380. The third kappa shape index (κ3) is 4.55. The number of nitrogens with one attached hydrogen (secondary N) is 1. The van der Waals surface area contributed by atoms with Crippen molar-refractivity contribution >= 4 is 15.9 Å². The molecule has 1 N–H and O–H groups in total. The summed E-state index contributed by atoms with van der Waals surface area (Å²) < 4.78 is 20.6. The summed E-state index contributed by atoms with van der Waals surface area (Å²) in [5, 5.41) is 3.35. The average molecular weight is 332 g/mol. The molecule has 0 aliphatic rings. The smallest absolute Gasteiger partial charge is 0.142 e. The summed E-state index contributed by atoms with van der Waals surface area (Å²) in [4.78, 5) is 0. The van der Waals surface area contributed by atoms with E-state index >= 15 is 0 Å². The van der Waals surface area contributed by atoms with E-state index in [2.05, 4.69) is 28.2 Å². The van der Waals surface area contributed by atoms with Crippen molar-refractivity contribution in [3.63, 3.8) is 0 Å². The molecule has 0 amide bonds. The Labute approximate surface area is 123 Å². The van der Waals surface area contributed by atoms with Crippen LogP contribution in [0.2, 0.25) is 0 Å². The molecule has 108 valence electrons. The quantitative estimate of drug-likeness (QED) is 0.760. The van der Waals surface area contributed by atoms with Crippen molar-refractivity contribution in [2.75, 3.05) is 13.2 Å². The van der Waals surface area contributed by atoms with E-state index in [1.807, 2.05) is 26.0 Å². The standard InChI is InChI=1S/C15H23BrFNO/c1-4-8-13(19-6-3)15(18-5-2)11-9-7-10-12(16)14(11)17/h7,9-10,13,15,18H,4-6,8H2,1-3H3. The van der Waals surface area contributed by atoms with E-state index < -0.39 is 0 Å². The molecule has 0 aliphatic heterocycles. The first-order valence-corrected chi connectivity index (χ1v) is 7.73. The van der Waals surface area contributed by atoms with E-state index in [4.69, 9.17) is 4.74 Å². The van der Waals surface area contributed by atoms with Crippen molar-refractivity contribution in [3.05, 3.63) is 34.1 Å². The maximum atomic E-state index is 14.3. The first-order valence-electron chi connectivity index (χ1n) is 6.94. The van der Waals surface area contributed by atoms with E-state index in [-0.39, 0.29) is 18.0 Å². The molecule has 1 aromatic carbocycles. The van der Waals surface area contributed by atoms with E-state index in [1.165, 1.54) is 0 Å². The van der Waals surface area contributed by atoms with Gasteiger partial charge in [0, 0.05) is 12.2 Å². The van der Waals surface area contributed by atoms with Crippen LogP contribution in [-0.2, 0) is 4.74 Å². The largest absolute Gasteiger partial charge is 0.377 e. The van der Waals surface area contributed by atoms with Crippen LogP contribution in [0.5, 0.6) is 0 Å². The molecule has 4 heteroatoms. The topological polar surface area (TPSA) is 21.3 Å². The van der Waals surface area contributed by atoms with Crippen LogP contribution in [0.25, 0.3) is 0 Å². The Balaban J connectivity index is 3.06. The van der Waals surface area contributed by atoms with Gasteiger partial charge in [-0.15, -0.1) is 0 Å². The summed E-state index contributed by atoms with van der Waals surface area (Å²) in [6.45, 7) is 7.54. The Morgan fingerprint density at radius 1 is 1.32 bits per heavy atom. The number of halogens is 2. The predicted molar refractivity (Wildman–Crippen MR) is 80.8 cm³/mol. The first-order chi connectivity index (χ1) is 9.15. The molecule has 1 rings (SSSR count). The normalized spacial score (nSPS) is 14.4. The van der Waals surface area contributed by atoms with Gasteiger partial charge in [-0.1, -0.05) is 32.4 Å². The highest BCUT2D eigenvalue weighted by atomic mass is 79.9. The fraction of sp³-hybridized carbons (Fsp3) is 0.600. The molecular weight excluding hydrogens is 309 g/mol. The van der Waals surface area contributed by atoms with Crippen molar-refractivity contribution in [1.29, 1.82) is 0 Å². The molecule has 0 bridgehead atoms. The van der Waals surface area contributed by atoms with Gasteiger partial charge >= 0.3 is 0 Å². The second-order valence-corrected chi connectivity index (χ2v) is 5.32. The van der Waals surface area contributed by atoms with Crippen LogP contribution in [-0.4, -0.2) is 19.3 Å². The number of ether oxygens (including phenoxy) is 1. The Hall–Kier alpha value is -0.450. The molecule has 0 saturated heterocycles. The third-order valence-electron chi connectivity index (χ3n) is 3.07. The van der Waals surface area contributed by atoms with E-state index in [0.717, 1.165) is 19.4 Å². The molecule has 2 nitrogen and oxygen atoms in total. The highest BCUT2D eigenvalue weighted by molar-refractivity contribution is 9.10. The Morgan fingerprint density at radius 3 is 2.63 bits per heavy atom. The minimum absolute atomic E-state index is 0.00116. The zero-order valence-corrected chi connectivity index (χ0v) is 13.5. The number of hydrogen-bond acceptors (Lipinski definition) is 2. The van der Waals surface area contributed by atoms with Gasteiger partial charge in [0.1, 0.15) is 5.82 Å². The minimum Gasteiger partial charge on any atom is -0.377 e. The van der Waals surface area contributed by atoms with Crippen LogP contribution in [0.15, 0.2) is 22.7 Å². The summed E-state index contributed by atoms with van der Waals surface area (Å²) in [6, 6.07) is 5.30. The average Bonchev–Trinajstić information content (AvgIpc) is 2.40. The van der Waals surface area contributed by atoms with Crippen molar-refractivity contribution in [3.8, 4) is 0 Å². The molecular formula is C15H23BrFNO. The lowest BCUT2D eigenvalue weighted by atomic mass is 9.97. The zero-order chi connectivity index (χ0) is 14.3. The highest BCUT2D eigenvalue weighted by Gasteiger charge is 2.25. The maximum absolute atomic E-state index is 14.3. The van der Waals surface area contributed by atoms with Crippen LogP contribution in [0, 0.1) is 5.82 Å². The second-order valence-electron chi connectivity index (χ2n) is 4.46. The van der Waals surface area contributed by atoms with E-state index in [1.54, 1.807) is 6.07 Å². The lowest BCUT2D eigenvalue weighted by Crippen LogP contribution is -2.34. The van der Waals surface area contributed by atoms with Gasteiger partial charge in [-0.25, -0.2) is 4.39 Å². The molecule has 2 unspecified atom stereocenters. The Kier molecular flexibility index (Phi) is 7.57. The fourth-order valence-corrected chi connectivity index (χ4v) is 2.65. The fourth-order valence-electron chi connectivity index (χ4n) is 2.27. The molecule has 0 aromatic heterocycles. The molecule has 0 spiro atoms. The van der Waals surface area contributed by atoms with Crippen LogP contribution < -0.4 is 5.32 Å². The van der Waals surface area contributed by atoms with Gasteiger partial charge in [0.15, 0.2) is 0 Å². The molecule has 0 radical (unpaired) electrons. The molecule has 0 saturated carbocycles. The first kappa shape index (κ1) is 16.6. The minimum atomic E-state index is -0.200. The predicted octanol–water partition coefficient (Wildman–Crippen LogP) is 4.44. The van der Waals surface area contributed by atoms with Gasteiger partial charge in [-0.3, -0.25) is 0 Å². The molecule has 2 atom stereocenters. The SMILES string of the molecule is CCCC(OCC)C(NCC)c1cccc(Br)c1F.